The highest BCUT2D eigenvalue weighted by Gasteiger charge is 2.42. The molecule has 8 heteroatoms. The van der Waals surface area contributed by atoms with Gasteiger partial charge >= 0.3 is 0 Å². The molecule has 1 N–H and O–H groups in total. The lowest BCUT2D eigenvalue weighted by atomic mass is 10.1. The standard InChI is InChI=1S/C23H22N4O3S/c24-11-16-6-8-19(9-7-16)25-22(29)20-14-31-15-27(20)23(30)18-10-21(28)26(13-18)12-17-4-2-1-3-5-17/h1-9,18,20H,10,12-15H2,(H,25,29). The average molecular weight is 435 g/mol. The van der Waals surface area contributed by atoms with Gasteiger partial charge in [-0.15, -0.1) is 11.8 Å². The molecule has 0 bridgehead atoms. The van der Waals surface area contributed by atoms with Gasteiger partial charge < -0.3 is 15.1 Å². The van der Waals surface area contributed by atoms with Gasteiger partial charge in [0.1, 0.15) is 6.04 Å². The summed E-state index contributed by atoms with van der Waals surface area (Å²) >= 11 is 1.53. The molecule has 7 nitrogen and oxygen atoms in total. The molecule has 158 valence electrons. The molecule has 0 aromatic heterocycles. The summed E-state index contributed by atoms with van der Waals surface area (Å²) in [5.41, 5.74) is 2.12. The summed E-state index contributed by atoms with van der Waals surface area (Å²) in [6, 6.07) is 17.8. The van der Waals surface area contributed by atoms with Crippen LogP contribution in [0.25, 0.3) is 0 Å². The number of nitriles is 1. The van der Waals surface area contributed by atoms with Crippen LogP contribution in [0.4, 0.5) is 5.69 Å². The first-order valence-corrected chi connectivity index (χ1v) is 11.2. The number of hydrogen-bond donors (Lipinski definition) is 1. The summed E-state index contributed by atoms with van der Waals surface area (Å²) in [6.07, 6.45) is 0.177. The molecule has 2 aliphatic heterocycles. The number of amides is 3. The van der Waals surface area contributed by atoms with Crippen molar-refractivity contribution in [1.29, 1.82) is 5.26 Å². The Morgan fingerprint density at radius 3 is 2.58 bits per heavy atom. The molecule has 2 aliphatic rings. The lowest BCUT2D eigenvalue weighted by Crippen LogP contribution is -2.47. The van der Waals surface area contributed by atoms with Crippen LogP contribution < -0.4 is 5.32 Å². The summed E-state index contributed by atoms with van der Waals surface area (Å²) in [6.45, 7) is 0.860. The van der Waals surface area contributed by atoms with Gasteiger partial charge in [-0.05, 0) is 29.8 Å². The largest absolute Gasteiger partial charge is 0.338 e. The third-order valence-corrected chi connectivity index (χ3v) is 6.54. The highest BCUT2D eigenvalue weighted by Crippen LogP contribution is 2.28. The number of nitrogens with one attached hydrogen (secondary N) is 1. The van der Waals surface area contributed by atoms with Gasteiger partial charge in [0.25, 0.3) is 0 Å². The molecule has 2 aromatic rings. The number of hydrogen-bond acceptors (Lipinski definition) is 5. The number of carbonyl (C=O) groups is 3. The molecule has 4 rings (SSSR count). The van der Waals surface area contributed by atoms with Gasteiger partial charge in [0.15, 0.2) is 0 Å². The molecule has 2 saturated heterocycles. The maximum atomic E-state index is 13.2. The van der Waals surface area contributed by atoms with Gasteiger partial charge in [-0.2, -0.15) is 5.26 Å². The van der Waals surface area contributed by atoms with Crippen molar-refractivity contribution in [3.63, 3.8) is 0 Å². The fourth-order valence-electron chi connectivity index (χ4n) is 3.86. The topological polar surface area (TPSA) is 93.5 Å². The summed E-state index contributed by atoms with van der Waals surface area (Å²) in [7, 11) is 0. The Kier molecular flexibility index (Phi) is 6.23. The maximum absolute atomic E-state index is 13.2. The summed E-state index contributed by atoms with van der Waals surface area (Å²) < 4.78 is 0. The molecule has 2 unspecified atom stereocenters. The third kappa shape index (κ3) is 4.72. The summed E-state index contributed by atoms with van der Waals surface area (Å²) in [5, 5.41) is 11.7. The van der Waals surface area contributed by atoms with Crippen LogP contribution in [-0.4, -0.2) is 51.7 Å². The van der Waals surface area contributed by atoms with Gasteiger partial charge in [-0.3, -0.25) is 14.4 Å². The molecule has 0 spiro atoms. The van der Waals surface area contributed by atoms with Crippen LogP contribution in [-0.2, 0) is 20.9 Å². The minimum absolute atomic E-state index is 0.0346. The first-order chi connectivity index (χ1) is 15.0. The van der Waals surface area contributed by atoms with Crippen molar-refractivity contribution in [1.82, 2.24) is 9.80 Å². The number of nitrogens with zero attached hydrogens (tertiary/aromatic N) is 3. The quantitative estimate of drug-likeness (QED) is 0.780. The van der Waals surface area contributed by atoms with E-state index in [1.54, 1.807) is 34.1 Å². The molecule has 0 radical (unpaired) electrons. The highest BCUT2D eigenvalue weighted by atomic mass is 32.2. The Hall–Kier alpha value is -3.31. The Morgan fingerprint density at radius 2 is 1.87 bits per heavy atom. The maximum Gasteiger partial charge on any atom is 0.248 e. The van der Waals surface area contributed by atoms with E-state index < -0.39 is 12.0 Å². The van der Waals surface area contributed by atoms with Crippen molar-refractivity contribution in [2.75, 3.05) is 23.5 Å². The van der Waals surface area contributed by atoms with Crippen molar-refractivity contribution in [2.45, 2.75) is 19.0 Å². The molecular formula is C23H22N4O3S. The van der Waals surface area contributed by atoms with Crippen LogP contribution in [0.1, 0.15) is 17.5 Å². The van der Waals surface area contributed by atoms with Crippen LogP contribution in [0.3, 0.4) is 0 Å². The molecule has 2 aromatic carbocycles. The molecule has 0 aliphatic carbocycles. The van der Waals surface area contributed by atoms with Gasteiger partial charge in [0.05, 0.1) is 23.4 Å². The van der Waals surface area contributed by atoms with Crippen molar-refractivity contribution in [2.24, 2.45) is 5.92 Å². The van der Waals surface area contributed by atoms with Gasteiger partial charge in [-0.25, -0.2) is 0 Å². The van der Waals surface area contributed by atoms with Crippen LogP contribution in [0.5, 0.6) is 0 Å². The van der Waals surface area contributed by atoms with E-state index in [2.05, 4.69) is 5.32 Å². The van der Waals surface area contributed by atoms with E-state index in [1.165, 1.54) is 11.8 Å². The molecule has 2 heterocycles. The van der Waals surface area contributed by atoms with Crippen LogP contribution in [0.15, 0.2) is 54.6 Å². The van der Waals surface area contributed by atoms with Gasteiger partial charge in [-0.1, -0.05) is 30.3 Å². The van der Waals surface area contributed by atoms with Crippen LogP contribution in [0.2, 0.25) is 0 Å². The second-order valence-corrected chi connectivity index (χ2v) is 8.66. The molecule has 31 heavy (non-hydrogen) atoms. The number of likely N-dealkylation sites (tertiary alicyclic amines) is 1. The zero-order valence-electron chi connectivity index (χ0n) is 16.9. The van der Waals surface area contributed by atoms with E-state index >= 15 is 0 Å². The first kappa shape index (κ1) is 20.9. The van der Waals surface area contributed by atoms with E-state index in [1.807, 2.05) is 36.4 Å². The second kappa shape index (κ2) is 9.23. The smallest absolute Gasteiger partial charge is 0.248 e. The molecule has 2 atom stereocenters. The SMILES string of the molecule is N#Cc1ccc(NC(=O)C2CSCN2C(=O)C2CC(=O)N(Cc3ccccc3)C2)cc1. The number of rotatable bonds is 5. The Labute approximate surface area is 185 Å². The van der Waals surface area contributed by atoms with Gasteiger partial charge in [0.2, 0.25) is 17.7 Å². The zero-order valence-corrected chi connectivity index (χ0v) is 17.7. The minimum atomic E-state index is -0.577. The average Bonchev–Trinajstić information content (AvgIpc) is 3.42. The predicted octanol–water partition coefficient (Wildman–Crippen LogP) is 2.45. The Morgan fingerprint density at radius 1 is 1.13 bits per heavy atom. The Balaban J connectivity index is 1.38. The van der Waals surface area contributed by atoms with E-state index in [-0.39, 0.29) is 24.1 Å². The third-order valence-electron chi connectivity index (χ3n) is 5.53. The Bertz CT molecular complexity index is 1020. The fourth-order valence-corrected chi connectivity index (χ4v) is 5.02. The lowest BCUT2D eigenvalue weighted by Gasteiger charge is -2.26. The predicted molar refractivity (Wildman–Crippen MR) is 118 cm³/mol. The molecule has 0 saturated carbocycles. The van der Waals surface area contributed by atoms with Gasteiger partial charge in [0, 0.05) is 31.0 Å². The van der Waals surface area contributed by atoms with Crippen molar-refractivity contribution < 1.29 is 14.4 Å². The van der Waals surface area contributed by atoms with E-state index in [4.69, 9.17) is 5.26 Å². The number of carbonyl (C=O) groups excluding carboxylic acids is 3. The van der Waals surface area contributed by atoms with E-state index in [0.29, 0.717) is 36.0 Å². The van der Waals surface area contributed by atoms with Crippen LogP contribution >= 0.6 is 11.8 Å². The summed E-state index contributed by atoms with van der Waals surface area (Å²) in [4.78, 5) is 41.7. The highest BCUT2D eigenvalue weighted by molar-refractivity contribution is 7.99. The molecular weight excluding hydrogens is 412 g/mol. The lowest BCUT2D eigenvalue weighted by molar-refractivity contribution is -0.139. The zero-order chi connectivity index (χ0) is 21.8. The molecule has 3 amide bonds. The monoisotopic (exact) mass is 434 g/mol. The van der Waals surface area contributed by atoms with Crippen LogP contribution in [0, 0.1) is 17.2 Å². The number of thioether (sulfide) groups is 1. The van der Waals surface area contributed by atoms with E-state index in [0.717, 1.165) is 5.56 Å². The van der Waals surface area contributed by atoms with Crippen molar-refractivity contribution in [3.8, 4) is 6.07 Å². The van der Waals surface area contributed by atoms with Crippen molar-refractivity contribution in [3.05, 3.63) is 65.7 Å². The van der Waals surface area contributed by atoms with Crippen molar-refractivity contribution >= 4 is 35.2 Å². The summed E-state index contributed by atoms with van der Waals surface area (Å²) in [5.74, 6) is 0.0887. The van der Waals surface area contributed by atoms with E-state index in [9.17, 15) is 14.4 Å². The minimum Gasteiger partial charge on any atom is -0.338 e. The fraction of sp³-hybridized carbons (Fsp3) is 0.304. The second-order valence-electron chi connectivity index (χ2n) is 7.66. The first-order valence-electron chi connectivity index (χ1n) is 10.1. The molecule has 2 fully saturated rings. The normalized spacial score (nSPS) is 20.5. The number of anilines is 1. The number of benzene rings is 2.